The zero-order chi connectivity index (χ0) is 21.4. The van der Waals surface area contributed by atoms with Crippen LogP contribution in [0.3, 0.4) is 0 Å². The van der Waals surface area contributed by atoms with Gasteiger partial charge in [0, 0.05) is 18.0 Å². The average Bonchev–Trinajstić information content (AvgIpc) is 3.32. The molecule has 2 aliphatic rings. The zero-order valence-electron chi connectivity index (χ0n) is 17.1. The van der Waals surface area contributed by atoms with Crippen LogP contribution in [0.1, 0.15) is 49.3 Å². The van der Waals surface area contributed by atoms with Crippen molar-refractivity contribution in [3.63, 3.8) is 0 Å². The summed E-state index contributed by atoms with van der Waals surface area (Å²) in [4.78, 5) is 20.8. The lowest BCUT2D eigenvalue weighted by Crippen LogP contribution is -2.16. The van der Waals surface area contributed by atoms with Crippen molar-refractivity contribution in [1.82, 2.24) is 9.97 Å². The van der Waals surface area contributed by atoms with Crippen LogP contribution in [-0.4, -0.2) is 15.9 Å². The van der Waals surface area contributed by atoms with Gasteiger partial charge in [0.25, 0.3) is 0 Å². The number of nitrogens with zero attached hydrogens (tertiary/aromatic N) is 3. The van der Waals surface area contributed by atoms with Crippen LogP contribution >= 0.6 is 0 Å². The highest BCUT2D eigenvalue weighted by molar-refractivity contribution is 5.90. The summed E-state index contributed by atoms with van der Waals surface area (Å²) in [7, 11) is 0. The molecule has 156 valence electrons. The summed E-state index contributed by atoms with van der Waals surface area (Å²) < 4.78 is 13.8. The Hall–Kier alpha value is -3.33. The first kappa shape index (κ1) is 19.6. The smallest absolute Gasteiger partial charge is 0.224 e. The summed E-state index contributed by atoms with van der Waals surface area (Å²) >= 11 is 0. The number of carbonyl (C=O) groups excluding carboxylic acids is 1. The van der Waals surface area contributed by atoms with E-state index in [4.69, 9.17) is 5.26 Å². The zero-order valence-corrected chi connectivity index (χ0v) is 17.1. The molecule has 4 atom stereocenters. The third-order valence-corrected chi connectivity index (χ3v) is 6.93. The Labute approximate surface area is 180 Å². The first-order valence-electron chi connectivity index (χ1n) is 10.8. The van der Waals surface area contributed by atoms with Crippen LogP contribution in [0.2, 0.25) is 0 Å². The Kier molecular flexibility index (Phi) is 5.11. The van der Waals surface area contributed by atoms with Crippen molar-refractivity contribution in [1.29, 1.82) is 5.26 Å². The number of amides is 1. The summed E-state index contributed by atoms with van der Waals surface area (Å²) in [5, 5.41) is 12.6. The quantitative estimate of drug-likeness (QED) is 0.637. The maximum Gasteiger partial charge on any atom is 0.224 e. The Balaban J connectivity index is 1.20. The van der Waals surface area contributed by atoms with Gasteiger partial charge in [-0.05, 0) is 91.3 Å². The van der Waals surface area contributed by atoms with Gasteiger partial charge in [0.1, 0.15) is 17.6 Å². The van der Waals surface area contributed by atoms with Gasteiger partial charge in [-0.15, -0.1) is 0 Å². The highest BCUT2D eigenvalue weighted by Gasteiger charge is 2.42. The third kappa shape index (κ3) is 4.00. The molecule has 0 spiro atoms. The molecule has 1 amide bonds. The van der Waals surface area contributed by atoms with E-state index < -0.39 is 0 Å². The fraction of sp³-hybridized carbons (Fsp3) is 0.360. The SMILES string of the molecule is N#Cc1ccc(NC(=O)C[C@H]2C[C@@H]3C[C@H](c4ccnc5ccc(F)cc45)C[C@@H]3C2)cn1. The largest absolute Gasteiger partial charge is 0.325 e. The topological polar surface area (TPSA) is 78.7 Å². The number of carbonyl (C=O) groups is 1. The maximum atomic E-state index is 13.8. The fourth-order valence-electron chi connectivity index (χ4n) is 5.67. The highest BCUT2D eigenvalue weighted by Crippen LogP contribution is 2.53. The Morgan fingerprint density at radius 3 is 2.61 bits per heavy atom. The van der Waals surface area contributed by atoms with Gasteiger partial charge in [-0.2, -0.15) is 5.26 Å². The lowest BCUT2D eigenvalue weighted by Gasteiger charge is -2.17. The molecule has 2 heterocycles. The minimum absolute atomic E-state index is 0.00336. The number of rotatable bonds is 4. The molecule has 1 aromatic carbocycles. The van der Waals surface area contributed by atoms with Crippen LogP contribution in [0.15, 0.2) is 48.8 Å². The normalized spacial score (nSPS) is 24.6. The predicted molar refractivity (Wildman–Crippen MR) is 116 cm³/mol. The molecule has 2 fully saturated rings. The number of nitrogens with one attached hydrogen (secondary N) is 1. The van der Waals surface area contributed by atoms with E-state index in [-0.39, 0.29) is 11.7 Å². The van der Waals surface area contributed by atoms with E-state index in [0.717, 1.165) is 36.6 Å². The van der Waals surface area contributed by atoms with Crippen molar-refractivity contribution in [2.45, 2.75) is 38.0 Å². The van der Waals surface area contributed by atoms with E-state index in [1.54, 1.807) is 24.3 Å². The second kappa shape index (κ2) is 8.07. The first-order chi connectivity index (χ1) is 15.1. The van der Waals surface area contributed by atoms with Crippen molar-refractivity contribution in [3.05, 3.63) is 65.9 Å². The van der Waals surface area contributed by atoms with Crippen molar-refractivity contribution in [2.75, 3.05) is 5.32 Å². The predicted octanol–water partition coefficient (Wildman–Crippen LogP) is 5.19. The molecule has 5 nitrogen and oxygen atoms in total. The van der Waals surface area contributed by atoms with E-state index in [2.05, 4.69) is 15.3 Å². The van der Waals surface area contributed by atoms with Crippen LogP contribution in [-0.2, 0) is 4.79 Å². The minimum atomic E-state index is -0.219. The monoisotopic (exact) mass is 414 g/mol. The Morgan fingerprint density at radius 2 is 1.90 bits per heavy atom. The Bertz CT molecular complexity index is 1160. The summed E-state index contributed by atoms with van der Waals surface area (Å²) in [5.41, 5.74) is 3.02. The standard InChI is InChI=1S/C25H23FN4O/c26-19-1-4-24-23(12-19)22(5-6-28-24)18-10-16-7-15(8-17(16)11-18)9-25(31)30-21-3-2-20(13-27)29-14-21/h1-6,12,14-18H,7-11H2,(H,30,31)/t15-,16+,17-,18-. The van der Waals surface area contributed by atoms with Gasteiger partial charge in [0.05, 0.1) is 17.4 Å². The minimum Gasteiger partial charge on any atom is -0.325 e. The fourth-order valence-corrected chi connectivity index (χ4v) is 5.67. The van der Waals surface area contributed by atoms with Gasteiger partial charge >= 0.3 is 0 Å². The Morgan fingerprint density at radius 1 is 1.10 bits per heavy atom. The van der Waals surface area contributed by atoms with Gasteiger partial charge < -0.3 is 5.32 Å². The molecule has 2 aromatic heterocycles. The maximum absolute atomic E-state index is 13.8. The van der Waals surface area contributed by atoms with Crippen LogP contribution in [0, 0.1) is 34.9 Å². The van der Waals surface area contributed by atoms with Gasteiger partial charge in [0.15, 0.2) is 0 Å². The molecule has 2 saturated carbocycles. The van der Waals surface area contributed by atoms with Crippen LogP contribution < -0.4 is 5.32 Å². The van der Waals surface area contributed by atoms with Gasteiger partial charge in [-0.25, -0.2) is 9.37 Å². The number of hydrogen-bond donors (Lipinski definition) is 1. The number of benzene rings is 1. The molecular weight excluding hydrogens is 391 g/mol. The number of hydrogen-bond acceptors (Lipinski definition) is 4. The van der Waals surface area contributed by atoms with E-state index in [1.807, 2.05) is 18.3 Å². The summed E-state index contributed by atoms with van der Waals surface area (Å²) in [6.45, 7) is 0. The second-order valence-corrected chi connectivity index (χ2v) is 8.88. The van der Waals surface area contributed by atoms with E-state index in [0.29, 0.717) is 41.5 Å². The lowest BCUT2D eigenvalue weighted by molar-refractivity contribution is -0.117. The van der Waals surface area contributed by atoms with Crippen molar-refractivity contribution in [3.8, 4) is 6.07 Å². The summed E-state index contributed by atoms with van der Waals surface area (Å²) in [5.74, 6) is 1.86. The number of pyridine rings is 2. The van der Waals surface area contributed by atoms with Gasteiger partial charge in [0.2, 0.25) is 5.91 Å². The molecule has 3 aromatic rings. The first-order valence-corrected chi connectivity index (χ1v) is 10.8. The van der Waals surface area contributed by atoms with Crippen molar-refractivity contribution >= 4 is 22.5 Å². The second-order valence-electron chi connectivity index (χ2n) is 8.88. The van der Waals surface area contributed by atoms with Crippen LogP contribution in [0.4, 0.5) is 10.1 Å². The molecule has 0 aliphatic heterocycles. The third-order valence-electron chi connectivity index (χ3n) is 6.93. The number of halogens is 1. The van der Waals surface area contributed by atoms with E-state index >= 15 is 0 Å². The van der Waals surface area contributed by atoms with Crippen molar-refractivity contribution in [2.24, 2.45) is 17.8 Å². The van der Waals surface area contributed by atoms with E-state index in [9.17, 15) is 9.18 Å². The molecule has 0 radical (unpaired) electrons. The molecule has 0 unspecified atom stereocenters. The molecule has 0 saturated heterocycles. The molecule has 2 aliphatic carbocycles. The average molecular weight is 414 g/mol. The van der Waals surface area contributed by atoms with Crippen LogP contribution in [0.5, 0.6) is 0 Å². The molecule has 5 rings (SSSR count). The van der Waals surface area contributed by atoms with Crippen molar-refractivity contribution < 1.29 is 9.18 Å². The number of nitriles is 1. The molecule has 0 bridgehead atoms. The molecule has 1 N–H and O–H groups in total. The number of fused-ring (bicyclic) bond motifs is 2. The molecular formula is C25H23FN4O. The summed E-state index contributed by atoms with van der Waals surface area (Å²) in [6.07, 6.45) is 8.19. The lowest BCUT2D eigenvalue weighted by atomic mass is 9.89. The molecule has 31 heavy (non-hydrogen) atoms. The van der Waals surface area contributed by atoms with E-state index in [1.165, 1.54) is 17.8 Å². The number of aromatic nitrogens is 2. The molecule has 6 heteroatoms. The number of anilines is 1. The van der Waals surface area contributed by atoms with Gasteiger partial charge in [-0.3, -0.25) is 9.78 Å². The summed E-state index contributed by atoms with van der Waals surface area (Å²) in [6, 6.07) is 12.2. The van der Waals surface area contributed by atoms with Crippen LogP contribution in [0.25, 0.3) is 10.9 Å². The highest BCUT2D eigenvalue weighted by atomic mass is 19.1. The van der Waals surface area contributed by atoms with Gasteiger partial charge in [-0.1, -0.05) is 0 Å².